The highest BCUT2D eigenvalue weighted by Gasteiger charge is 2.19. The zero-order valence-corrected chi connectivity index (χ0v) is 22.6. The van der Waals surface area contributed by atoms with Crippen LogP contribution >= 0.6 is 0 Å². The third-order valence-corrected chi connectivity index (χ3v) is 5.26. The number of ether oxygens (including phenoxy) is 2. The molecule has 0 aliphatic heterocycles. The highest BCUT2D eigenvalue weighted by Crippen LogP contribution is 2.19. The van der Waals surface area contributed by atoms with Crippen LogP contribution < -0.4 is 5.32 Å². The molecule has 0 saturated carbocycles. The van der Waals surface area contributed by atoms with Gasteiger partial charge in [0.1, 0.15) is 6.73 Å². The SMILES string of the molecule is CC.CN/C(F)=C\C=C/CC(=O)N(CCC(/C=C\COC)=N/COC)C(C)CCC1=CCCC=C1. The van der Waals surface area contributed by atoms with Gasteiger partial charge in [0.2, 0.25) is 5.91 Å². The van der Waals surface area contributed by atoms with E-state index in [1.165, 1.54) is 18.7 Å². The van der Waals surface area contributed by atoms with Gasteiger partial charge in [0.05, 0.1) is 6.61 Å². The zero-order chi connectivity index (χ0) is 26.3. The molecule has 0 fully saturated rings. The zero-order valence-electron chi connectivity index (χ0n) is 22.6. The number of rotatable bonds is 16. The molecule has 1 rings (SSSR count). The standard InChI is InChI=1S/C26H40FN3O3.C2H6/c1-22(16-17-23-11-6-5-7-12-23)30(26(31)15-9-8-14-25(27)28-2)19-18-24(29-21-33-4)13-10-20-32-3;1-2/h6,8-14,22,28H,5,7,15-21H2,1-4H3;1-2H3/b9-8-,13-10-,25-14-,29-24+;. The number of hydrogen-bond acceptors (Lipinski definition) is 5. The Hall–Kier alpha value is -2.51. The van der Waals surface area contributed by atoms with Gasteiger partial charge in [-0.1, -0.05) is 55.9 Å². The summed E-state index contributed by atoms with van der Waals surface area (Å²) >= 11 is 0. The number of nitrogens with zero attached hydrogens (tertiary/aromatic N) is 2. The van der Waals surface area contributed by atoms with Gasteiger partial charge in [-0.25, -0.2) is 0 Å². The molecule has 0 aromatic carbocycles. The van der Waals surface area contributed by atoms with E-state index >= 15 is 0 Å². The number of methoxy groups -OCH3 is 2. The summed E-state index contributed by atoms with van der Waals surface area (Å²) < 4.78 is 23.4. The van der Waals surface area contributed by atoms with Crippen molar-refractivity contribution in [3.8, 4) is 0 Å². The van der Waals surface area contributed by atoms with Crippen LogP contribution in [0.5, 0.6) is 0 Å². The lowest BCUT2D eigenvalue weighted by atomic mass is 9.99. The smallest absolute Gasteiger partial charge is 0.226 e. The van der Waals surface area contributed by atoms with E-state index in [1.54, 1.807) is 26.4 Å². The maximum absolute atomic E-state index is 13.2. The van der Waals surface area contributed by atoms with Crippen molar-refractivity contribution in [1.29, 1.82) is 0 Å². The Morgan fingerprint density at radius 3 is 2.66 bits per heavy atom. The number of nitrogens with one attached hydrogen (secondary N) is 1. The quantitative estimate of drug-likeness (QED) is 0.166. The van der Waals surface area contributed by atoms with Gasteiger partial charge in [-0.2, -0.15) is 4.39 Å². The molecule has 35 heavy (non-hydrogen) atoms. The van der Waals surface area contributed by atoms with E-state index in [2.05, 4.69) is 35.5 Å². The second-order valence-corrected chi connectivity index (χ2v) is 7.81. The second kappa shape index (κ2) is 22.0. The van der Waals surface area contributed by atoms with Crippen LogP contribution in [0.2, 0.25) is 0 Å². The molecule has 0 radical (unpaired) electrons. The van der Waals surface area contributed by atoms with E-state index in [0.29, 0.717) is 19.6 Å². The predicted molar refractivity (Wildman–Crippen MR) is 145 cm³/mol. The summed E-state index contributed by atoms with van der Waals surface area (Å²) in [5, 5.41) is 2.41. The number of aliphatic imine (C=N–C) groups is 1. The van der Waals surface area contributed by atoms with Crippen LogP contribution in [0.1, 0.15) is 59.3 Å². The molecule has 0 aromatic heterocycles. The van der Waals surface area contributed by atoms with E-state index < -0.39 is 5.95 Å². The van der Waals surface area contributed by atoms with Gasteiger partial charge in [-0.05, 0) is 44.8 Å². The van der Waals surface area contributed by atoms with Crippen LogP contribution in [-0.2, 0) is 14.3 Å². The van der Waals surface area contributed by atoms with E-state index in [0.717, 1.165) is 31.4 Å². The number of halogens is 1. The molecule has 6 nitrogen and oxygen atoms in total. The Morgan fingerprint density at radius 1 is 1.26 bits per heavy atom. The fraction of sp³-hybridized carbons (Fsp3) is 0.571. The monoisotopic (exact) mass is 491 g/mol. The maximum Gasteiger partial charge on any atom is 0.226 e. The topological polar surface area (TPSA) is 63.2 Å². The fourth-order valence-corrected chi connectivity index (χ4v) is 3.38. The summed E-state index contributed by atoms with van der Waals surface area (Å²) in [6.07, 6.45) is 19.8. The van der Waals surface area contributed by atoms with Crippen LogP contribution in [-0.4, -0.2) is 63.7 Å². The number of carbonyl (C=O) groups excluding carboxylic acids is 1. The number of allylic oxidation sites excluding steroid dienone is 7. The van der Waals surface area contributed by atoms with Gasteiger partial charge >= 0.3 is 0 Å². The van der Waals surface area contributed by atoms with Gasteiger partial charge in [0.25, 0.3) is 0 Å². The minimum absolute atomic E-state index is 0.0112. The molecule has 7 heteroatoms. The minimum Gasteiger partial charge on any atom is -0.381 e. The molecule has 0 bridgehead atoms. The maximum atomic E-state index is 13.2. The number of amides is 1. The molecular weight excluding hydrogens is 445 g/mol. The van der Waals surface area contributed by atoms with E-state index in [4.69, 9.17) is 9.47 Å². The van der Waals surface area contributed by atoms with Crippen molar-refractivity contribution in [2.75, 3.05) is 41.1 Å². The van der Waals surface area contributed by atoms with Crippen LogP contribution in [0.4, 0.5) is 4.39 Å². The van der Waals surface area contributed by atoms with Crippen molar-refractivity contribution < 1.29 is 18.7 Å². The first-order valence-corrected chi connectivity index (χ1v) is 12.5. The molecule has 1 atom stereocenters. The van der Waals surface area contributed by atoms with Crippen LogP contribution in [0.15, 0.2) is 65.1 Å². The first-order chi connectivity index (χ1) is 17.0. The summed E-state index contributed by atoms with van der Waals surface area (Å²) in [5.74, 6) is -0.434. The number of carbonyl (C=O) groups is 1. The van der Waals surface area contributed by atoms with Gasteiger partial charge in [0.15, 0.2) is 5.95 Å². The van der Waals surface area contributed by atoms with E-state index in [-0.39, 0.29) is 25.1 Å². The molecule has 198 valence electrons. The van der Waals surface area contributed by atoms with Crippen molar-refractivity contribution in [1.82, 2.24) is 10.2 Å². The highest BCUT2D eigenvalue weighted by atomic mass is 19.1. The second-order valence-electron chi connectivity index (χ2n) is 7.81. The summed E-state index contributed by atoms with van der Waals surface area (Å²) in [6.45, 7) is 7.39. The van der Waals surface area contributed by atoms with Crippen molar-refractivity contribution in [3.63, 3.8) is 0 Å². The van der Waals surface area contributed by atoms with Crippen LogP contribution in [0, 0.1) is 0 Å². The average molecular weight is 492 g/mol. The van der Waals surface area contributed by atoms with Crippen molar-refractivity contribution in [2.45, 2.75) is 65.3 Å². The average Bonchev–Trinajstić information content (AvgIpc) is 2.89. The summed E-state index contributed by atoms with van der Waals surface area (Å²) in [5.41, 5.74) is 2.18. The fourth-order valence-electron chi connectivity index (χ4n) is 3.38. The molecular formula is C28H46FN3O3. The number of hydrogen-bond donors (Lipinski definition) is 1. The lowest BCUT2D eigenvalue weighted by Gasteiger charge is -2.29. The summed E-state index contributed by atoms with van der Waals surface area (Å²) in [4.78, 5) is 19.4. The lowest BCUT2D eigenvalue weighted by molar-refractivity contribution is -0.132. The Bertz CT molecular complexity index is 755. The summed E-state index contributed by atoms with van der Waals surface area (Å²) in [6, 6.07) is 0.0679. The molecule has 0 saturated heterocycles. The first-order valence-electron chi connectivity index (χ1n) is 12.5. The van der Waals surface area contributed by atoms with Gasteiger partial charge < -0.3 is 19.7 Å². The first kappa shape index (κ1) is 32.5. The Labute approximate surface area is 212 Å². The Kier molecular flexibility index (Phi) is 20.4. The predicted octanol–water partition coefficient (Wildman–Crippen LogP) is 5.90. The molecule has 0 heterocycles. The van der Waals surface area contributed by atoms with Crippen LogP contribution in [0.25, 0.3) is 0 Å². The highest BCUT2D eigenvalue weighted by molar-refractivity contribution is 5.95. The van der Waals surface area contributed by atoms with Crippen molar-refractivity contribution >= 4 is 11.6 Å². The summed E-state index contributed by atoms with van der Waals surface area (Å²) in [7, 11) is 4.75. The largest absolute Gasteiger partial charge is 0.381 e. The van der Waals surface area contributed by atoms with Crippen molar-refractivity contribution in [2.24, 2.45) is 4.99 Å². The lowest BCUT2D eigenvalue weighted by Crippen LogP contribution is -2.39. The van der Waals surface area contributed by atoms with Gasteiger partial charge in [0, 0.05) is 52.4 Å². The third-order valence-electron chi connectivity index (χ3n) is 5.26. The van der Waals surface area contributed by atoms with Gasteiger partial charge in [-0.3, -0.25) is 9.79 Å². The molecule has 1 aliphatic carbocycles. The molecule has 1 amide bonds. The van der Waals surface area contributed by atoms with Crippen molar-refractivity contribution in [3.05, 3.63) is 60.1 Å². The minimum atomic E-state index is -0.445. The van der Waals surface area contributed by atoms with E-state index in [9.17, 15) is 9.18 Å². The normalized spacial score (nSPS) is 15.1. The van der Waals surface area contributed by atoms with Gasteiger partial charge in [-0.15, -0.1) is 0 Å². The molecule has 1 unspecified atom stereocenters. The Morgan fingerprint density at radius 2 is 2.03 bits per heavy atom. The molecule has 1 N–H and O–H groups in total. The Balaban J connectivity index is 0.00000562. The third kappa shape index (κ3) is 15.9. The van der Waals surface area contributed by atoms with E-state index in [1.807, 2.05) is 30.9 Å². The van der Waals surface area contributed by atoms with Crippen LogP contribution in [0.3, 0.4) is 0 Å². The molecule has 1 aliphatic rings. The molecule has 0 aromatic rings. The molecule has 0 spiro atoms.